The third-order valence-corrected chi connectivity index (χ3v) is 4.21. The van der Waals surface area contributed by atoms with Crippen LogP contribution >= 0.6 is 0 Å². The molecular weight excluding hydrogens is 270 g/mol. The Balaban J connectivity index is 1.98. The second-order valence-corrected chi connectivity index (χ2v) is 5.62. The SMILES string of the molecule is N#Cc1cc2c(nc1NC1(C(=O)O)CCOC1)CCCC2. The van der Waals surface area contributed by atoms with Gasteiger partial charge in [0.1, 0.15) is 11.9 Å². The highest BCUT2D eigenvalue weighted by Gasteiger charge is 2.43. The minimum Gasteiger partial charge on any atom is -0.479 e. The Hall–Kier alpha value is -2.13. The largest absolute Gasteiger partial charge is 0.479 e. The van der Waals surface area contributed by atoms with Crippen LogP contribution in [0, 0.1) is 11.3 Å². The first kappa shape index (κ1) is 13.8. The zero-order chi connectivity index (χ0) is 14.9. The Bertz CT molecular complexity index is 615. The van der Waals surface area contributed by atoms with E-state index in [4.69, 9.17) is 4.74 Å². The summed E-state index contributed by atoms with van der Waals surface area (Å²) in [5.74, 6) is -0.602. The Morgan fingerprint density at radius 1 is 1.48 bits per heavy atom. The standard InChI is InChI=1S/C15H17N3O3/c16-8-11-7-10-3-1-2-4-12(10)17-13(11)18-15(14(19)20)5-6-21-9-15/h7H,1-6,9H2,(H,17,18)(H,19,20). The van der Waals surface area contributed by atoms with E-state index in [2.05, 4.69) is 16.4 Å². The third kappa shape index (κ3) is 2.45. The van der Waals surface area contributed by atoms with Crippen LogP contribution in [0.4, 0.5) is 5.82 Å². The minimum atomic E-state index is -1.18. The first-order chi connectivity index (χ1) is 10.1. The lowest BCUT2D eigenvalue weighted by Gasteiger charge is -2.26. The van der Waals surface area contributed by atoms with Crippen LogP contribution in [0.1, 0.15) is 36.1 Å². The second kappa shape index (κ2) is 5.34. The van der Waals surface area contributed by atoms with E-state index in [1.807, 2.05) is 6.07 Å². The lowest BCUT2D eigenvalue weighted by Crippen LogP contribution is -2.47. The van der Waals surface area contributed by atoms with Crippen molar-refractivity contribution in [2.75, 3.05) is 18.5 Å². The molecule has 1 unspecified atom stereocenters. The van der Waals surface area contributed by atoms with Gasteiger partial charge in [-0.05, 0) is 37.3 Å². The fourth-order valence-corrected chi connectivity index (χ4v) is 2.93. The van der Waals surface area contributed by atoms with Crippen LogP contribution in [0.2, 0.25) is 0 Å². The molecule has 0 spiro atoms. The van der Waals surface area contributed by atoms with E-state index in [9.17, 15) is 15.2 Å². The molecule has 110 valence electrons. The number of aliphatic carboxylic acids is 1. The van der Waals surface area contributed by atoms with Crippen molar-refractivity contribution < 1.29 is 14.6 Å². The molecule has 2 heterocycles. The molecule has 2 N–H and O–H groups in total. The molecule has 21 heavy (non-hydrogen) atoms. The van der Waals surface area contributed by atoms with Crippen LogP contribution in [-0.4, -0.2) is 34.8 Å². The quantitative estimate of drug-likeness (QED) is 0.874. The maximum Gasteiger partial charge on any atom is 0.331 e. The topological polar surface area (TPSA) is 95.2 Å². The summed E-state index contributed by atoms with van der Waals surface area (Å²) in [5.41, 5.74) is 1.31. The van der Waals surface area contributed by atoms with Gasteiger partial charge >= 0.3 is 5.97 Å². The molecule has 1 fully saturated rings. The van der Waals surface area contributed by atoms with Gasteiger partial charge in [-0.25, -0.2) is 9.78 Å². The van der Waals surface area contributed by atoms with Gasteiger partial charge in [-0.1, -0.05) is 0 Å². The van der Waals surface area contributed by atoms with Crippen molar-refractivity contribution in [1.82, 2.24) is 4.98 Å². The molecule has 1 aromatic heterocycles. The molecule has 0 aromatic carbocycles. The number of carboxylic acid groups (broad SMARTS) is 1. The molecule has 1 aliphatic carbocycles. The van der Waals surface area contributed by atoms with E-state index in [1.54, 1.807) is 0 Å². The molecule has 0 bridgehead atoms. The smallest absolute Gasteiger partial charge is 0.331 e. The number of aryl methyl sites for hydroxylation is 2. The van der Waals surface area contributed by atoms with E-state index in [1.165, 1.54) is 0 Å². The molecule has 0 radical (unpaired) electrons. The lowest BCUT2D eigenvalue weighted by molar-refractivity contribution is -0.142. The minimum absolute atomic E-state index is 0.0893. The summed E-state index contributed by atoms with van der Waals surface area (Å²) < 4.78 is 5.23. The Kier molecular flexibility index (Phi) is 3.52. The van der Waals surface area contributed by atoms with Gasteiger partial charge in [0.2, 0.25) is 0 Å². The van der Waals surface area contributed by atoms with Crippen LogP contribution in [0.25, 0.3) is 0 Å². The van der Waals surface area contributed by atoms with Gasteiger partial charge in [0.05, 0.1) is 12.2 Å². The number of nitrogens with one attached hydrogen (secondary N) is 1. The molecule has 0 amide bonds. The average Bonchev–Trinajstić information content (AvgIpc) is 2.96. The number of nitriles is 1. The van der Waals surface area contributed by atoms with Crippen molar-refractivity contribution in [3.05, 3.63) is 22.9 Å². The molecule has 0 saturated carbocycles. The number of carboxylic acids is 1. The number of rotatable bonds is 3. The van der Waals surface area contributed by atoms with E-state index in [0.717, 1.165) is 36.9 Å². The number of pyridine rings is 1. The summed E-state index contributed by atoms with van der Waals surface area (Å²) >= 11 is 0. The molecule has 6 nitrogen and oxygen atoms in total. The zero-order valence-corrected chi connectivity index (χ0v) is 11.7. The first-order valence-corrected chi connectivity index (χ1v) is 7.17. The summed E-state index contributed by atoms with van der Waals surface area (Å²) in [6.07, 6.45) is 4.38. The molecule has 1 aliphatic heterocycles. The van der Waals surface area contributed by atoms with E-state index in [-0.39, 0.29) is 6.61 Å². The van der Waals surface area contributed by atoms with Gasteiger partial charge < -0.3 is 15.2 Å². The van der Waals surface area contributed by atoms with Crippen LogP contribution in [0.5, 0.6) is 0 Å². The molecule has 1 saturated heterocycles. The second-order valence-electron chi connectivity index (χ2n) is 5.62. The number of hydrogen-bond donors (Lipinski definition) is 2. The van der Waals surface area contributed by atoms with Gasteiger partial charge in [0.25, 0.3) is 0 Å². The monoisotopic (exact) mass is 287 g/mol. The van der Waals surface area contributed by atoms with Crippen molar-refractivity contribution in [3.63, 3.8) is 0 Å². The molecule has 1 atom stereocenters. The number of hydrogen-bond acceptors (Lipinski definition) is 5. The summed E-state index contributed by atoms with van der Waals surface area (Å²) in [5, 5.41) is 21.7. The van der Waals surface area contributed by atoms with E-state index < -0.39 is 11.5 Å². The van der Waals surface area contributed by atoms with E-state index in [0.29, 0.717) is 24.4 Å². The third-order valence-electron chi connectivity index (χ3n) is 4.21. The molecule has 3 rings (SSSR count). The molecular formula is C15H17N3O3. The molecule has 1 aromatic rings. The normalized spacial score (nSPS) is 24.1. The van der Waals surface area contributed by atoms with Gasteiger partial charge in [-0.15, -0.1) is 0 Å². The maximum atomic E-state index is 11.6. The summed E-state index contributed by atoms with van der Waals surface area (Å²) in [6.45, 7) is 0.484. The summed E-state index contributed by atoms with van der Waals surface area (Å²) in [7, 11) is 0. The number of fused-ring (bicyclic) bond motifs is 1. The number of nitrogens with zero attached hydrogens (tertiary/aromatic N) is 2. The Morgan fingerprint density at radius 3 is 2.95 bits per heavy atom. The fourth-order valence-electron chi connectivity index (χ4n) is 2.93. The zero-order valence-electron chi connectivity index (χ0n) is 11.7. The number of aromatic nitrogens is 1. The summed E-state index contributed by atoms with van der Waals surface area (Å²) in [4.78, 5) is 16.1. The lowest BCUT2D eigenvalue weighted by atomic mass is 9.94. The van der Waals surface area contributed by atoms with E-state index >= 15 is 0 Å². The predicted molar refractivity (Wildman–Crippen MR) is 75.0 cm³/mol. The number of anilines is 1. The maximum absolute atomic E-state index is 11.6. The van der Waals surface area contributed by atoms with Gasteiger partial charge in [0, 0.05) is 18.7 Å². The Morgan fingerprint density at radius 2 is 2.29 bits per heavy atom. The molecule has 2 aliphatic rings. The highest BCUT2D eigenvalue weighted by Crippen LogP contribution is 2.29. The summed E-state index contributed by atoms with van der Waals surface area (Å²) in [6, 6.07) is 3.96. The van der Waals surface area contributed by atoms with Crippen LogP contribution in [-0.2, 0) is 22.4 Å². The van der Waals surface area contributed by atoms with Crippen LogP contribution < -0.4 is 5.32 Å². The van der Waals surface area contributed by atoms with Crippen molar-refractivity contribution in [2.24, 2.45) is 0 Å². The van der Waals surface area contributed by atoms with Gasteiger partial charge in [0.15, 0.2) is 5.54 Å². The highest BCUT2D eigenvalue weighted by molar-refractivity contribution is 5.83. The predicted octanol–water partition coefficient (Wildman–Crippen LogP) is 1.49. The van der Waals surface area contributed by atoms with Crippen molar-refractivity contribution >= 4 is 11.8 Å². The number of carbonyl (C=O) groups is 1. The Labute approximate surface area is 122 Å². The van der Waals surface area contributed by atoms with Crippen molar-refractivity contribution in [2.45, 2.75) is 37.6 Å². The van der Waals surface area contributed by atoms with Crippen molar-refractivity contribution in [1.29, 1.82) is 5.26 Å². The average molecular weight is 287 g/mol. The van der Waals surface area contributed by atoms with Gasteiger partial charge in [-0.3, -0.25) is 0 Å². The fraction of sp³-hybridized carbons (Fsp3) is 0.533. The highest BCUT2D eigenvalue weighted by atomic mass is 16.5. The molecule has 6 heteroatoms. The van der Waals surface area contributed by atoms with Crippen LogP contribution in [0.15, 0.2) is 6.07 Å². The number of ether oxygens (including phenoxy) is 1. The van der Waals surface area contributed by atoms with Crippen LogP contribution in [0.3, 0.4) is 0 Å². The first-order valence-electron chi connectivity index (χ1n) is 7.17. The van der Waals surface area contributed by atoms with Crippen molar-refractivity contribution in [3.8, 4) is 6.07 Å². The van der Waals surface area contributed by atoms with Gasteiger partial charge in [-0.2, -0.15) is 5.26 Å².